The van der Waals surface area contributed by atoms with Crippen LogP contribution >= 0.6 is 0 Å². The standard InChI is InChI=1S/C62H40N2.C56H36N2/c1-3-13-41(14-4-1)45-29-35-61-57(37-45)53-19-7-9-23-59(53)63(61)49-31-25-43(26-32-49)51-21-11-17-47-40-56-48(39-55(47)51)18-12-22-52(56)44-27-33-50(34-28-44)64-60-24-10-8-20-54(60)58-38-46(30-36-62(58)64)42-15-5-2-6-16-42;1-5-25-53-47(19-1)48-20-2-6-26-54(48)57(53)43-31-29-37(30-32-43)45-23-11-16-41-36-52-42(35-51(41)45)17-12-24-46(52)40-15-9-13-38(33-40)39-14-10-18-44(34-39)58-55-27-7-3-21-49(55)50-22-4-8-28-56(50)58/h1-40H;1-36H. The molecule has 0 amide bonds. The first-order valence-electron chi connectivity index (χ1n) is 42.1. The molecule has 4 heterocycles. The van der Waals surface area contributed by atoms with Crippen LogP contribution in [0.15, 0.2) is 461 Å². The SMILES string of the molecule is c1cc(-c2cccc(-n3c4ccccc4c4ccccc43)c2)cc(-c2cccc3cc4c(-c5ccc(-n6c7ccccc7c7ccccc76)cc5)cccc4cc23)c1.c1ccc(-c2ccc3c(c2)c2ccccc2n3-c2ccc(-c3cccc4cc5c(-c6ccc(-n7c8ccccc8c8cc(-c9ccccc9)ccc87)cc6)cccc5cc34)cc2)cc1. The quantitative estimate of drug-likeness (QED) is 0.115. The van der Waals surface area contributed by atoms with Gasteiger partial charge in [-0.2, -0.15) is 0 Å². The van der Waals surface area contributed by atoms with E-state index in [1.165, 1.54) is 208 Å². The molecular formula is C118H76N4. The van der Waals surface area contributed by atoms with Crippen LogP contribution < -0.4 is 0 Å². The molecule has 0 atom stereocenters. The molecular weight excluding hydrogens is 1470 g/mol. The minimum atomic E-state index is 1.15. The molecule has 0 fully saturated rings. The van der Waals surface area contributed by atoms with Crippen LogP contribution in [-0.2, 0) is 0 Å². The van der Waals surface area contributed by atoms with E-state index in [0.717, 1.165) is 22.7 Å². The van der Waals surface area contributed by atoms with E-state index in [1.54, 1.807) is 0 Å². The molecule has 0 saturated carbocycles. The van der Waals surface area contributed by atoms with Crippen molar-refractivity contribution >= 4 is 130 Å². The van der Waals surface area contributed by atoms with Gasteiger partial charge in [0.25, 0.3) is 0 Å². The summed E-state index contributed by atoms with van der Waals surface area (Å²) >= 11 is 0. The number of aromatic nitrogens is 4. The van der Waals surface area contributed by atoms with Crippen LogP contribution in [0, 0.1) is 0 Å². The second kappa shape index (κ2) is 28.9. The summed E-state index contributed by atoms with van der Waals surface area (Å²) in [5.41, 5.74) is 31.4. The number of nitrogens with zero attached hydrogens (tertiary/aromatic N) is 4. The van der Waals surface area contributed by atoms with Crippen LogP contribution in [0.2, 0.25) is 0 Å². The Balaban J connectivity index is 0.000000139. The molecule has 122 heavy (non-hydrogen) atoms. The number of rotatable bonds is 11. The fourth-order valence-electron chi connectivity index (χ4n) is 19.7. The fourth-order valence-corrected chi connectivity index (χ4v) is 19.7. The highest BCUT2D eigenvalue weighted by Gasteiger charge is 2.21. The first kappa shape index (κ1) is 70.1. The van der Waals surface area contributed by atoms with Gasteiger partial charge in [0, 0.05) is 65.8 Å². The second-order valence-corrected chi connectivity index (χ2v) is 32.2. The smallest absolute Gasteiger partial charge is 0.0541 e. The Morgan fingerprint density at radius 3 is 0.689 bits per heavy atom. The minimum Gasteiger partial charge on any atom is -0.309 e. The topological polar surface area (TPSA) is 19.7 Å². The summed E-state index contributed by atoms with van der Waals surface area (Å²) in [7, 11) is 0. The molecule has 568 valence electrons. The lowest BCUT2D eigenvalue weighted by Crippen LogP contribution is -1.94. The average molecular weight is 1550 g/mol. The van der Waals surface area contributed by atoms with Crippen LogP contribution in [0.25, 0.3) is 231 Å². The predicted octanol–water partition coefficient (Wildman–Crippen LogP) is 32.0. The zero-order chi connectivity index (χ0) is 80.3. The van der Waals surface area contributed by atoms with Crippen molar-refractivity contribution in [3.05, 3.63) is 461 Å². The van der Waals surface area contributed by atoms with Gasteiger partial charge >= 0.3 is 0 Å². The summed E-state index contributed by atoms with van der Waals surface area (Å²) < 4.78 is 9.57. The van der Waals surface area contributed by atoms with E-state index < -0.39 is 0 Å². The highest BCUT2D eigenvalue weighted by Crippen LogP contribution is 2.45. The summed E-state index contributed by atoms with van der Waals surface area (Å²) in [5.74, 6) is 0. The lowest BCUT2D eigenvalue weighted by Gasteiger charge is -2.14. The third-order valence-corrected chi connectivity index (χ3v) is 25.4. The molecule has 21 aromatic carbocycles. The van der Waals surface area contributed by atoms with Gasteiger partial charge in [0.2, 0.25) is 0 Å². The summed E-state index contributed by atoms with van der Waals surface area (Å²) in [6.45, 7) is 0. The van der Waals surface area contributed by atoms with Crippen molar-refractivity contribution in [1.29, 1.82) is 0 Å². The molecule has 25 aromatic rings. The van der Waals surface area contributed by atoms with Crippen LogP contribution in [0.4, 0.5) is 0 Å². The highest BCUT2D eigenvalue weighted by atomic mass is 15.0. The molecule has 4 heteroatoms. The maximum atomic E-state index is 2.40. The van der Waals surface area contributed by atoms with E-state index in [0.29, 0.717) is 0 Å². The van der Waals surface area contributed by atoms with Crippen molar-refractivity contribution in [3.63, 3.8) is 0 Å². The van der Waals surface area contributed by atoms with E-state index in [9.17, 15) is 0 Å². The molecule has 0 spiro atoms. The van der Waals surface area contributed by atoms with Crippen molar-refractivity contribution in [2.45, 2.75) is 0 Å². The van der Waals surface area contributed by atoms with Gasteiger partial charge in [-0.25, -0.2) is 0 Å². The molecule has 0 radical (unpaired) electrons. The van der Waals surface area contributed by atoms with Gasteiger partial charge in [-0.3, -0.25) is 0 Å². The fraction of sp³-hybridized carbons (Fsp3) is 0. The van der Waals surface area contributed by atoms with E-state index in [-0.39, 0.29) is 0 Å². The monoisotopic (exact) mass is 1550 g/mol. The van der Waals surface area contributed by atoms with Crippen LogP contribution in [-0.4, -0.2) is 18.3 Å². The van der Waals surface area contributed by atoms with Crippen molar-refractivity contribution in [2.24, 2.45) is 0 Å². The van der Waals surface area contributed by atoms with E-state index >= 15 is 0 Å². The predicted molar refractivity (Wildman–Crippen MR) is 518 cm³/mol. The maximum absolute atomic E-state index is 2.40. The first-order valence-corrected chi connectivity index (χ1v) is 42.1. The lowest BCUT2D eigenvalue weighted by atomic mass is 9.91. The molecule has 0 aliphatic heterocycles. The van der Waals surface area contributed by atoms with Gasteiger partial charge in [0.1, 0.15) is 0 Å². The van der Waals surface area contributed by atoms with Crippen molar-refractivity contribution in [3.8, 4) is 101 Å². The number of fused-ring (bicyclic) bond motifs is 16. The van der Waals surface area contributed by atoms with Crippen LogP contribution in [0.5, 0.6) is 0 Å². The highest BCUT2D eigenvalue weighted by molar-refractivity contribution is 6.16. The molecule has 0 unspecified atom stereocenters. The van der Waals surface area contributed by atoms with Crippen molar-refractivity contribution in [2.75, 3.05) is 0 Å². The van der Waals surface area contributed by atoms with Crippen LogP contribution in [0.1, 0.15) is 0 Å². The van der Waals surface area contributed by atoms with E-state index in [4.69, 9.17) is 0 Å². The Kier molecular flexibility index (Phi) is 16.6. The first-order chi connectivity index (χ1) is 60.5. The molecule has 0 N–H and O–H groups in total. The van der Waals surface area contributed by atoms with Gasteiger partial charge < -0.3 is 18.3 Å². The zero-order valence-electron chi connectivity index (χ0n) is 66.7. The van der Waals surface area contributed by atoms with Crippen molar-refractivity contribution in [1.82, 2.24) is 18.3 Å². The Morgan fingerprint density at radius 1 is 0.107 bits per heavy atom. The van der Waals surface area contributed by atoms with Gasteiger partial charge in [0.05, 0.1) is 44.1 Å². The Hall–Kier alpha value is -16.1. The second-order valence-electron chi connectivity index (χ2n) is 32.2. The molecule has 0 bridgehead atoms. The largest absolute Gasteiger partial charge is 0.309 e. The van der Waals surface area contributed by atoms with Gasteiger partial charge in [0.15, 0.2) is 0 Å². The molecule has 4 aromatic heterocycles. The summed E-state index contributed by atoms with van der Waals surface area (Å²) in [6.07, 6.45) is 0. The van der Waals surface area contributed by atoms with Gasteiger partial charge in [-0.15, -0.1) is 0 Å². The van der Waals surface area contributed by atoms with Crippen LogP contribution in [0.3, 0.4) is 0 Å². The summed E-state index contributed by atoms with van der Waals surface area (Å²) in [4.78, 5) is 0. The minimum absolute atomic E-state index is 1.15. The Morgan fingerprint density at radius 2 is 0.344 bits per heavy atom. The Labute approximate surface area is 705 Å². The van der Waals surface area contributed by atoms with Crippen molar-refractivity contribution < 1.29 is 0 Å². The van der Waals surface area contributed by atoms with Gasteiger partial charge in [-0.05, 0) is 261 Å². The number of para-hydroxylation sites is 6. The molecule has 25 rings (SSSR count). The number of hydrogen-bond donors (Lipinski definition) is 0. The molecule has 0 saturated heterocycles. The third kappa shape index (κ3) is 11.7. The third-order valence-electron chi connectivity index (χ3n) is 25.4. The molecule has 0 aliphatic rings. The summed E-state index contributed by atoms with van der Waals surface area (Å²) in [5, 5.41) is 20.1. The normalized spacial score (nSPS) is 11.8. The number of benzene rings is 21. The maximum Gasteiger partial charge on any atom is 0.0541 e. The lowest BCUT2D eigenvalue weighted by molar-refractivity contribution is 1.18. The molecule has 4 nitrogen and oxygen atoms in total. The Bertz CT molecular complexity index is 8100. The van der Waals surface area contributed by atoms with Gasteiger partial charge in [-0.1, -0.05) is 322 Å². The average Bonchev–Trinajstić information content (AvgIpc) is 1.59. The number of hydrogen-bond acceptors (Lipinski definition) is 0. The molecule has 0 aliphatic carbocycles. The van der Waals surface area contributed by atoms with E-state index in [2.05, 4.69) is 479 Å². The zero-order valence-corrected chi connectivity index (χ0v) is 66.7. The summed E-state index contributed by atoms with van der Waals surface area (Å²) in [6, 6.07) is 169. The van der Waals surface area contributed by atoms with E-state index in [1.807, 2.05) is 0 Å².